The lowest BCUT2D eigenvalue weighted by atomic mass is 9.83. The highest BCUT2D eigenvalue weighted by atomic mass is 127. The number of aryl methyl sites for hydroxylation is 1. The molecule has 0 spiro atoms. The van der Waals surface area contributed by atoms with Gasteiger partial charge in [-0.05, 0) is 66.8 Å². The van der Waals surface area contributed by atoms with Crippen LogP contribution in [-0.2, 0) is 0 Å². The van der Waals surface area contributed by atoms with E-state index in [1.807, 2.05) is 24.3 Å². The summed E-state index contributed by atoms with van der Waals surface area (Å²) in [6, 6.07) is 15.3. The summed E-state index contributed by atoms with van der Waals surface area (Å²) in [5, 5.41) is 0. The van der Waals surface area contributed by atoms with Gasteiger partial charge in [0.2, 0.25) is 0 Å². The Morgan fingerprint density at radius 2 is 1.28 bits per heavy atom. The summed E-state index contributed by atoms with van der Waals surface area (Å²) in [7, 11) is 0. The Labute approximate surface area is 183 Å². The van der Waals surface area contributed by atoms with Crippen LogP contribution in [0.1, 0.15) is 42.7 Å². The molecule has 4 rings (SSSR count). The van der Waals surface area contributed by atoms with Crippen LogP contribution in [0, 0.1) is 24.4 Å². The van der Waals surface area contributed by atoms with Gasteiger partial charge in [0.25, 0.3) is 0 Å². The maximum atomic E-state index is 14.8. The van der Waals surface area contributed by atoms with Gasteiger partial charge in [0.05, 0.1) is 0 Å². The average Bonchev–Trinajstić information content (AvgIpc) is 2.73. The van der Waals surface area contributed by atoms with Gasteiger partial charge in [-0.15, -0.1) is 0 Å². The van der Waals surface area contributed by atoms with Crippen molar-refractivity contribution in [3.8, 4) is 22.3 Å². The highest BCUT2D eigenvalue weighted by molar-refractivity contribution is 14.1. The first-order valence-corrected chi connectivity index (χ1v) is 11.2. The minimum absolute atomic E-state index is 0.0670. The van der Waals surface area contributed by atoms with Gasteiger partial charge >= 0.3 is 0 Å². The molecule has 0 radical (unpaired) electrons. The van der Waals surface area contributed by atoms with Crippen molar-refractivity contribution in [2.24, 2.45) is 0 Å². The molecule has 0 heterocycles. The van der Waals surface area contributed by atoms with Gasteiger partial charge in [-0.1, -0.05) is 71.1 Å². The van der Waals surface area contributed by atoms with Crippen molar-refractivity contribution in [3.05, 3.63) is 83.2 Å². The molecule has 1 saturated carbocycles. The molecule has 0 nitrogen and oxygen atoms in total. The fourth-order valence-corrected chi connectivity index (χ4v) is 4.80. The minimum Gasteiger partial charge on any atom is -0.207 e. The molecular formula is C25H22F3I. The molecule has 3 aromatic carbocycles. The normalized spacial score (nSPS) is 19.3. The van der Waals surface area contributed by atoms with Crippen LogP contribution < -0.4 is 0 Å². The molecule has 0 amide bonds. The van der Waals surface area contributed by atoms with Crippen LogP contribution in [0.4, 0.5) is 13.2 Å². The van der Waals surface area contributed by atoms with Crippen molar-refractivity contribution in [2.45, 2.75) is 42.4 Å². The van der Waals surface area contributed by atoms with Crippen LogP contribution in [0.3, 0.4) is 0 Å². The van der Waals surface area contributed by atoms with Crippen molar-refractivity contribution in [3.63, 3.8) is 0 Å². The zero-order chi connectivity index (χ0) is 20.5. The Kier molecular flexibility index (Phi) is 6.00. The average molecular weight is 506 g/mol. The lowest BCUT2D eigenvalue weighted by molar-refractivity contribution is 0.462. The number of alkyl halides is 1. The monoisotopic (exact) mass is 506 g/mol. The van der Waals surface area contributed by atoms with Crippen molar-refractivity contribution in [2.75, 3.05) is 0 Å². The van der Waals surface area contributed by atoms with Gasteiger partial charge < -0.3 is 0 Å². The van der Waals surface area contributed by atoms with E-state index in [-0.39, 0.29) is 11.1 Å². The molecule has 0 N–H and O–H groups in total. The van der Waals surface area contributed by atoms with E-state index in [0.717, 1.165) is 3.92 Å². The highest BCUT2D eigenvalue weighted by Crippen LogP contribution is 2.37. The van der Waals surface area contributed by atoms with Crippen molar-refractivity contribution in [1.82, 2.24) is 0 Å². The SMILES string of the molecule is Cc1ccc(-c2ccc(-c3ccc(C4CCC(I)CC4)cc3)c(F)c2F)cc1F. The second-order valence-corrected chi connectivity index (χ2v) is 9.59. The molecule has 0 bridgehead atoms. The summed E-state index contributed by atoms with van der Waals surface area (Å²) in [6.07, 6.45) is 4.82. The molecule has 29 heavy (non-hydrogen) atoms. The molecule has 4 heteroatoms. The van der Waals surface area contributed by atoms with Crippen molar-refractivity contribution in [1.29, 1.82) is 0 Å². The minimum atomic E-state index is -0.949. The van der Waals surface area contributed by atoms with E-state index < -0.39 is 17.5 Å². The standard InChI is InChI=1S/C25H22F3I/c1-15-2-3-19(14-23(15)26)22-13-12-21(24(27)25(22)28)18-6-4-16(5-7-18)17-8-10-20(29)11-9-17/h2-7,12-14,17,20H,8-11H2,1H3. The third-order valence-electron chi connectivity index (χ3n) is 5.91. The number of hydrogen-bond acceptors (Lipinski definition) is 0. The predicted octanol–water partition coefficient (Wildman–Crippen LogP) is 8.21. The Bertz CT molecular complexity index is 1020. The molecule has 0 aliphatic heterocycles. The Morgan fingerprint density at radius 3 is 1.86 bits per heavy atom. The van der Waals surface area contributed by atoms with Crippen LogP contribution in [-0.4, -0.2) is 3.92 Å². The van der Waals surface area contributed by atoms with Crippen LogP contribution >= 0.6 is 22.6 Å². The van der Waals surface area contributed by atoms with E-state index in [1.165, 1.54) is 43.4 Å². The summed E-state index contributed by atoms with van der Waals surface area (Å²) in [4.78, 5) is 0. The quantitative estimate of drug-likeness (QED) is 0.248. The molecule has 0 unspecified atom stereocenters. The molecular weight excluding hydrogens is 484 g/mol. The summed E-state index contributed by atoms with van der Waals surface area (Å²) < 4.78 is 44.2. The van der Waals surface area contributed by atoms with Crippen molar-refractivity contribution >= 4 is 22.6 Å². The fraction of sp³-hybridized carbons (Fsp3) is 0.280. The topological polar surface area (TPSA) is 0 Å². The Balaban J connectivity index is 1.62. The molecule has 3 aromatic rings. The smallest absolute Gasteiger partial charge is 0.167 e. The van der Waals surface area contributed by atoms with Gasteiger partial charge in [-0.3, -0.25) is 0 Å². The first-order valence-electron chi connectivity index (χ1n) is 9.93. The molecule has 1 fully saturated rings. The maximum absolute atomic E-state index is 14.8. The van der Waals surface area contributed by atoms with Crippen LogP contribution in [0.2, 0.25) is 0 Å². The Morgan fingerprint density at radius 1 is 0.724 bits per heavy atom. The first-order chi connectivity index (χ1) is 13.9. The van der Waals surface area contributed by atoms with Crippen LogP contribution in [0.15, 0.2) is 54.6 Å². The lowest BCUT2D eigenvalue weighted by Crippen LogP contribution is -2.12. The van der Waals surface area contributed by atoms with Crippen molar-refractivity contribution < 1.29 is 13.2 Å². The maximum Gasteiger partial charge on any atom is 0.167 e. The third kappa shape index (κ3) is 4.23. The molecule has 0 saturated heterocycles. The molecule has 1 aliphatic carbocycles. The lowest BCUT2D eigenvalue weighted by Gasteiger charge is -2.25. The first kappa shape index (κ1) is 20.5. The third-order valence-corrected chi connectivity index (χ3v) is 7.16. The van der Waals surface area contributed by atoms with E-state index in [9.17, 15) is 13.2 Å². The molecule has 0 atom stereocenters. The van der Waals surface area contributed by atoms with Crippen LogP contribution in [0.25, 0.3) is 22.3 Å². The summed E-state index contributed by atoms with van der Waals surface area (Å²) in [5.41, 5.74) is 3.01. The number of halogens is 4. The van der Waals surface area contributed by atoms with E-state index in [0.29, 0.717) is 22.6 Å². The van der Waals surface area contributed by atoms with E-state index in [2.05, 4.69) is 22.6 Å². The van der Waals surface area contributed by atoms with E-state index in [4.69, 9.17) is 0 Å². The number of benzene rings is 3. The summed E-state index contributed by atoms with van der Waals surface area (Å²) >= 11 is 2.52. The second-order valence-electron chi connectivity index (χ2n) is 7.82. The summed E-state index contributed by atoms with van der Waals surface area (Å²) in [5.74, 6) is -1.73. The number of hydrogen-bond donors (Lipinski definition) is 0. The van der Waals surface area contributed by atoms with Gasteiger partial charge in [0, 0.05) is 15.1 Å². The van der Waals surface area contributed by atoms with E-state index in [1.54, 1.807) is 25.1 Å². The zero-order valence-electron chi connectivity index (χ0n) is 16.2. The second kappa shape index (κ2) is 8.50. The van der Waals surface area contributed by atoms with E-state index >= 15 is 0 Å². The van der Waals surface area contributed by atoms with Gasteiger partial charge in [-0.2, -0.15) is 0 Å². The van der Waals surface area contributed by atoms with Gasteiger partial charge in [-0.25, -0.2) is 13.2 Å². The molecule has 150 valence electrons. The fourth-order valence-electron chi connectivity index (χ4n) is 4.08. The molecule has 0 aromatic heterocycles. The predicted molar refractivity (Wildman–Crippen MR) is 121 cm³/mol. The number of rotatable bonds is 3. The zero-order valence-corrected chi connectivity index (χ0v) is 18.3. The van der Waals surface area contributed by atoms with Gasteiger partial charge in [0.15, 0.2) is 11.6 Å². The Hall–Kier alpha value is -1.82. The largest absolute Gasteiger partial charge is 0.207 e. The highest BCUT2D eigenvalue weighted by Gasteiger charge is 2.21. The summed E-state index contributed by atoms with van der Waals surface area (Å²) in [6.45, 7) is 1.64. The van der Waals surface area contributed by atoms with Gasteiger partial charge in [0.1, 0.15) is 5.82 Å². The van der Waals surface area contributed by atoms with Crippen LogP contribution in [0.5, 0.6) is 0 Å². The molecule has 1 aliphatic rings.